The molecule has 3 saturated carbocycles. The van der Waals surface area contributed by atoms with Gasteiger partial charge in [-0.3, -0.25) is 4.79 Å². The summed E-state index contributed by atoms with van der Waals surface area (Å²) in [6, 6.07) is 0. The fraction of sp³-hybridized carbons (Fsp3) is 0.889. The van der Waals surface area contributed by atoms with E-state index in [1.807, 2.05) is 13.8 Å². The molecule has 0 unspecified atom stereocenters. The van der Waals surface area contributed by atoms with Crippen molar-refractivity contribution in [2.24, 2.45) is 11.3 Å². The van der Waals surface area contributed by atoms with Gasteiger partial charge in [-0.25, -0.2) is 4.39 Å². The first-order chi connectivity index (χ1) is 4.98. The van der Waals surface area contributed by atoms with Crippen molar-refractivity contribution >= 4 is 5.78 Å². The molecule has 0 N–H and O–H groups in total. The van der Waals surface area contributed by atoms with Crippen molar-refractivity contribution in [2.75, 3.05) is 0 Å². The van der Waals surface area contributed by atoms with Crippen molar-refractivity contribution in [3.63, 3.8) is 0 Å². The smallest absolute Gasteiger partial charge is 0.141 e. The largest absolute Gasteiger partial charge is 0.299 e. The van der Waals surface area contributed by atoms with Crippen molar-refractivity contribution < 1.29 is 9.18 Å². The lowest BCUT2D eigenvalue weighted by Gasteiger charge is -2.65. The summed E-state index contributed by atoms with van der Waals surface area (Å²) in [6.45, 7) is 3.79. The van der Waals surface area contributed by atoms with Gasteiger partial charge in [-0.1, -0.05) is 13.8 Å². The van der Waals surface area contributed by atoms with Crippen LogP contribution < -0.4 is 0 Å². The highest BCUT2D eigenvalue weighted by molar-refractivity contribution is 5.90. The molecule has 0 saturated heterocycles. The Kier molecular flexibility index (Phi) is 1.10. The van der Waals surface area contributed by atoms with Crippen LogP contribution in [0, 0.1) is 11.3 Å². The number of hydrogen-bond acceptors (Lipinski definition) is 1. The zero-order valence-corrected chi connectivity index (χ0v) is 6.98. The summed E-state index contributed by atoms with van der Waals surface area (Å²) in [5, 5.41) is 0. The number of hydrogen-bond donors (Lipinski definition) is 0. The van der Waals surface area contributed by atoms with Crippen molar-refractivity contribution in [2.45, 2.75) is 38.8 Å². The highest BCUT2D eigenvalue weighted by Gasteiger charge is 2.72. The van der Waals surface area contributed by atoms with E-state index >= 15 is 0 Å². The molecule has 62 valence electrons. The SMILES string of the molecule is CC(C)C(=O)C12CC(F)(C1)C2. The number of halogens is 1. The van der Waals surface area contributed by atoms with Gasteiger partial charge in [0, 0.05) is 11.3 Å². The number of alkyl halides is 1. The van der Waals surface area contributed by atoms with Gasteiger partial charge < -0.3 is 0 Å². The molecule has 0 spiro atoms. The molecule has 0 aromatic heterocycles. The second kappa shape index (κ2) is 1.67. The third kappa shape index (κ3) is 0.728. The average Bonchev–Trinajstić information content (AvgIpc) is 1.77. The summed E-state index contributed by atoms with van der Waals surface area (Å²) in [6.07, 6.45) is 1.53. The van der Waals surface area contributed by atoms with Crippen LogP contribution in [-0.2, 0) is 4.79 Å². The van der Waals surface area contributed by atoms with Crippen LogP contribution in [0.3, 0.4) is 0 Å². The molecule has 0 aliphatic heterocycles. The van der Waals surface area contributed by atoms with Gasteiger partial charge in [-0.15, -0.1) is 0 Å². The highest BCUT2D eigenvalue weighted by Crippen LogP contribution is 2.70. The molecule has 0 amide bonds. The highest BCUT2D eigenvalue weighted by atomic mass is 19.1. The van der Waals surface area contributed by atoms with E-state index in [2.05, 4.69) is 0 Å². The van der Waals surface area contributed by atoms with E-state index in [4.69, 9.17) is 0 Å². The molecule has 3 rings (SSSR count). The molecule has 0 heterocycles. The Morgan fingerprint density at radius 2 is 1.82 bits per heavy atom. The minimum absolute atomic E-state index is 0.0832. The fourth-order valence-corrected chi connectivity index (χ4v) is 2.54. The molecule has 3 aliphatic rings. The maximum atomic E-state index is 13.0. The molecule has 2 heteroatoms. The maximum absolute atomic E-state index is 13.0. The van der Waals surface area contributed by atoms with E-state index in [0.717, 1.165) is 0 Å². The molecule has 0 radical (unpaired) electrons. The normalized spacial score (nSPS) is 46.5. The second-order valence-electron chi connectivity index (χ2n) is 4.48. The Bertz CT molecular complexity index is 200. The Labute approximate surface area is 66.0 Å². The van der Waals surface area contributed by atoms with Gasteiger partial charge >= 0.3 is 0 Å². The van der Waals surface area contributed by atoms with Gasteiger partial charge in [0.1, 0.15) is 11.5 Å². The Morgan fingerprint density at radius 1 is 1.36 bits per heavy atom. The lowest BCUT2D eigenvalue weighted by molar-refractivity contribution is -0.214. The van der Waals surface area contributed by atoms with Crippen LogP contribution in [0.5, 0.6) is 0 Å². The number of Topliss-reactive ketones (excluding diaryl/α,β-unsaturated/α-hetero) is 1. The molecule has 0 atom stereocenters. The Hall–Kier alpha value is -0.400. The van der Waals surface area contributed by atoms with Gasteiger partial charge in [0.25, 0.3) is 0 Å². The van der Waals surface area contributed by atoms with Crippen molar-refractivity contribution in [1.29, 1.82) is 0 Å². The van der Waals surface area contributed by atoms with Crippen LogP contribution in [-0.4, -0.2) is 11.5 Å². The van der Waals surface area contributed by atoms with Gasteiger partial charge in [0.2, 0.25) is 0 Å². The van der Waals surface area contributed by atoms with E-state index in [0.29, 0.717) is 19.3 Å². The minimum atomic E-state index is -0.926. The standard InChI is InChI=1S/C9H13FO/c1-6(2)7(11)8-3-9(10,4-8)5-8/h6H,3-5H2,1-2H3. The molecule has 3 fully saturated rings. The van der Waals surface area contributed by atoms with Crippen LogP contribution in [0.15, 0.2) is 0 Å². The van der Waals surface area contributed by atoms with Crippen LogP contribution in [0.1, 0.15) is 33.1 Å². The van der Waals surface area contributed by atoms with Crippen LogP contribution in [0.2, 0.25) is 0 Å². The molecule has 0 aromatic carbocycles. The summed E-state index contributed by atoms with van der Waals surface area (Å²) in [5.41, 5.74) is -1.13. The fourth-order valence-electron chi connectivity index (χ4n) is 2.54. The van der Waals surface area contributed by atoms with Crippen molar-refractivity contribution in [3.05, 3.63) is 0 Å². The molecule has 1 nitrogen and oxygen atoms in total. The minimum Gasteiger partial charge on any atom is -0.299 e. The molecule has 3 aliphatic carbocycles. The molecular formula is C9H13FO. The monoisotopic (exact) mass is 156 g/mol. The van der Waals surface area contributed by atoms with Crippen LogP contribution in [0.4, 0.5) is 4.39 Å². The first kappa shape index (κ1) is 7.26. The zero-order chi connectivity index (χ0) is 8.28. The van der Waals surface area contributed by atoms with E-state index in [1.54, 1.807) is 0 Å². The summed E-state index contributed by atoms with van der Waals surface area (Å²) in [4.78, 5) is 11.5. The summed E-state index contributed by atoms with van der Waals surface area (Å²) in [5.74, 6) is 0.358. The second-order valence-corrected chi connectivity index (χ2v) is 4.48. The lowest BCUT2D eigenvalue weighted by atomic mass is 9.40. The summed E-state index contributed by atoms with van der Waals surface area (Å²) < 4.78 is 13.0. The number of ketones is 1. The Morgan fingerprint density at radius 3 is 2.09 bits per heavy atom. The number of carbonyl (C=O) groups excluding carboxylic acids is 1. The first-order valence-electron chi connectivity index (χ1n) is 4.21. The van der Waals surface area contributed by atoms with E-state index < -0.39 is 5.67 Å². The van der Waals surface area contributed by atoms with E-state index in [1.165, 1.54) is 0 Å². The van der Waals surface area contributed by atoms with Gasteiger partial charge in [-0.05, 0) is 19.3 Å². The quantitative estimate of drug-likeness (QED) is 0.598. The average molecular weight is 156 g/mol. The topological polar surface area (TPSA) is 17.1 Å². The van der Waals surface area contributed by atoms with E-state index in [-0.39, 0.29) is 17.1 Å². The van der Waals surface area contributed by atoms with Gasteiger partial charge in [-0.2, -0.15) is 0 Å². The number of rotatable bonds is 2. The lowest BCUT2D eigenvalue weighted by Crippen LogP contribution is -2.68. The molecule has 11 heavy (non-hydrogen) atoms. The van der Waals surface area contributed by atoms with E-state index in [9.17, 15) is 9.18 Å². The first-order valence-corrected chi connectivity index (χ1v) is 4.21. The summed E-state index contributed by atoms with van der Waals surface area (Å²) >= 11 is 0. The van der Waals surface area contributed by atoms with Crippen LogP contribution >= 0.6 is 0 Å². The third-order valence-electron chi connectivity index (χ3n) is 3.01. The van der Waals surface area contributed by atoms with Crippen LogP contribution in [0.25, 0.3) is 0 Å². The summed E-state index contributed by atoms with van der Waals surface area (Å²) in [7, 11) is 0. The molecule has 2 bridgehead atoms. The predicted molar refractivity (Wildman–Crippen MR) is 40.0 cm³/mol. The van der Waals surface area contributed by atoms with Crippen molar-refractivity contribution in [1.82, 2.24) is 0 Å². The van der Waals surface area contributed by atoms with Crippen molar-refractivity contribution in [3.8, 4) is 0 Å². The van der Waals surface area contributed by atoms with Gasteiger partial charge in [0.15, 0.2) is 0 Å². The molecular weight excluding hydrogens is 143 g/mol. The van der Waals surface area contributed by atoms with Gasteiger partial charge in [0.05, 0.1) is 0 Å². The maximum Gasteiger partial charge on any atom is 0.141 e. The number of carbonyl (C=O) groups is 1. The third-order valence-corrected chi connectivity index (χ3v) is 3.01. The molecule has 0 aromatic rings. The Balaban J connectivity index is 2.04. The zero-order valence-electron chi connectivity index (χ0n) is 6.98. The predicted octanol–water partition coefficient (Wildman–Crippen LogP) is 2.10.